The molecule has 2 rings (SSSR count). The standard InChI is InChI=1S/C15H17F2NO3/c1-15(7-3-2-4-8-15)21-18-13(14(19)20)11-6-5-10(16)9-12(11)17/h5-6,9H,2-4,7-8H2,1H3,(H,19,20)/b18-13-. The fraction of sp³-hybridized carbons (Fsp3) is 0.467. The van der Waals surface area contributed by atoms with Crippen molar-refractivity contribution >= 4 is 11.7 Å². The van der Waals surface area contributed by atoms with Gasteiger partial charge in [-0.1, -0.05) is 11.6 Å². The first kappa shape index (κ1) is 15.4. The Bertz CT molecular complexity index is 566. The maximum atomic E-state index is 13.7. The molecule has 0 spiro atoms. The van der Waals surface area contributed by atoms with E-state index in [2.05, 4.69) is 5.16 Å². The summed E-state index contributed by atoms with van der Waals surface area (Å²) in [6.07, 6.45) is 4.63. The summed E-state index contributed by atoms with van der Waals surface area (Å²) in [5, 5.41) is 12.8. The van der Waals surface area contributed by atoms with E-state index < -0.39 is 28.9 Å². The van der Waals surface area contributed by atoms with Crippen LogP contribution in [0.5, 0.6) is 0 Å². The zero-order valence-electron chi connectivity index (χ0n) is 11.7. The molecule has 0 heterocycles. The number of carbonyl (C=O) groups is 1. The summed E-state index contributed by atoms with van der Waals surface area (Å²) in [6, 6.07) is 2.65. The average molecular weight is 297 g/mol. The Morgan fingerprint density at radius 3 is 2.52 bits per heavy atom. The molecule has 0 aliphatic heterocycles. The predicted octanol–water partition coefficient (Wildman–Crippen LogP) is 3.49. The van der Waals surface area contributed by atoms with E-state index in [0.717, 1.165) is 44.2 Å². The first-order valence-electron chi connectivity index (χ1n) is 6.86. The van der Waals surface area contributed by atoms with Gasteiger partial charge in [-0.05, 0) is 44.7 Å². The highest BCUT2D eigenvalue weighted by Gasteiger charge is 2.30. The van der Waals surface area contributed by atoms with Gasteiger partial charge in [-0.2, -0.15) is 0 Å². The van der Waals surface area contributed by atoms with Gasteiger partial charge < -0.3 is 9.94 Å². The highest BCUT2D eigenvalue weighted by Crippen LogP contribution is 2.31. The maximum absolute atomic E-state index is 13.7. The Hall–Kier alpha value is -1.98. The van der Waals surface area contributed by atoms with Crippen LogP contribution in [0.4, 0.5) is 8.78 Å². The monoisotopic (exact) mass is 297 g/mol. The molecule has 4 nitrogen and oxygen atoms in total. The third kappa shape index (κ3) is 3.77. The van der Waals surface area contributed by atoms with Gasteiger partial charge in [0.1, 0.15) is 17.2 Å². The molecular weight excluding hydrogens is 280 g/mol. The van der Waals surface area contributed by atoms with Crippen LogP contribution in [0.25, 0.3) is 0 Å². The largest absolute Gasteiger partial charge is 0.476 e. The van der Waals surface area contributed by atoms with Gasteiger partial charge in [0.15, 0.2) is 5.71 Å². The topological polar surface area (TPSA) is 58.9 Å². The molecule has 21 heavy (non-hydrogen) atoms. The number of hydrogen-bond acceptors (Lipinski definition) is 3. The van der Waals surface area contributed by atoms with E-state index in [9.17, 15) is 13.6 Å². The van der Waals surface area contributed by atoms with Crippen LogP contribution in [0.3, 0.4) is 0 Å². The zero-order valence-corrected chi connectivity index (χ0v) is 11.7. The minimum absolute atomic E-state index is 0.289. The SMILES string of the molecule is CC1(O/N=C(\C(=O)O)c2ccc(F)cc2F)CCCCC1. The summed E-state index contributed by atoms with van der Waals surface area (Å²) >= 11 is 0. The van der Waals surface area contributed by atoms with E-state index >= 15 is 0 Å². The molecule has 1 aromatic rings. The maximum Gasteiger partial charge on any atom is 0.358 e. The normalized spacial score (nSPS) is 18.3. The van der Waals surface area contributed by atoms with Gasteiger partial charge in [0.05, 0.1) is 0 Å². The Labute approximate surface area is 121 Å². The summed E-state index contributed by atoms with van der Waals surface area (Å²) in [5.41, 5.74) is -1.38. The first-order chi connectivity index (χ1) is 9.91. The van der Waals surface area contributed by atoms with E-state index in [1.807, 2.05) is 6.92 Å². The molecule has 0 saturated heterocycles. The van der Waals surface area contributed by atoms with Crippen LogP contribution in [-0.4, -0.2) is 22.4 Å². The van der Waals surface area contributed by atoms with Gasteiger partial charge >= 0.3 is 5.97 Å². The lowest BCUT2D eigenvalue weighted by Gasteiger charge is -2.30. The van der Waals surface area contributed by atoms with E-state index in [0.29, 0.717) is 6.07 Å². The van der Waals surface area contributed by atoms with Gasteiger partial charge in [0.25, 0.3) is 0 Å². The van der Waals surface area contributed by atoms with Gasteiger partial charge in [-0.25, -0.2) is 13.6 Å². The van der Waals surface area contributed by atoms with E-state index in [1.54, 1.807) is 0 Å². The molecule has 114 valence electrons. The minimum atomic E-state index is -1.42. The lowest BCUT2D eigenvalue weighted by atomic mass is 9.87. The number of benzene rings is 1. The highest BCUT2D eigenvalue weighted by atomic mass is 19.1. The van der Waals surface area contributed by atoms with E-state index in [-0.39, 0.29) is 5.56 Å². The van der Waals surface area contributed by atoms with Gasteiger partial charge in [0.2, 0.25) is 0 Å². The number of rotatable bonds is 4. The minimum Gasteiger partial charge on any atom is -0.476 e. The Morgan fingerprint density at radius 2 is 1.95 bits per heavy atom. The van der Waals surface area contributed by atoms with Crippen molar-refractivity contribution in [2.24, 2.45) is 5.16 Å². The van der Waals surface area contributed by atoms with Crippen molar-refractivity contribution in [3.8, 4) is 0 Å². The van der Waals surface area contributed by atoms with Crippen molar-refractivity contribution in [3.63, 3.8) is 0 Å². The molecule has 1 aromatic carbocycles. The van der Waals surface area contributed by atoms with Crippen LogP contribution in [0, 0.1) is 11.6 Å². The third-order valence-corrected chi connectivity index (χ3v) is 3.66. The second kappa shape index (κ2) is 6.20. The third-order valence-electron chi connectivity index (χ3n) is 3.66. The number of oxime groups is 1. The van der Waals surface area contributed by atoms with Gasteiger partial charge in [-0.3, -0.25) is 0 Å². The van der Waals surface area contributed by atoms with Crippen LogP contribution >= 0.6 is 0 Å². The summed E-state index contributed by atoms with van der Waals surface area (Å²) in [7, 11) is 0. The second-order valence-electron chi connectivity index (χ2n) is 5.47. The fourth-order valence-electron chi connectivity index (χ4n) is 2.43. The number of nitrogens with zero attached hydrogens (tertiary/aromatic N) is 1. The molecule has 0 atom stereocenters. The lowest BCUT2D eigenvalue weighted by Crippen LogP contribution is -2.30. The van der Waals surface area contributed by atoms with Crippen molar-refractivity contribution in [1.82, 2.24) is 0 Å². The van der Waals surface area contributed by atoms with Crippen LogP contribution in [0.15, 0.2) is 23.4 Å². The smallest absolute Gasteiger partial charge is 0.358 e. The number of carboxylic acids is 1. The molecule has 1 aliphatic carbocycles. The van der Waals surface area contributed by atoms with Gasteiger partial charge in [-0.15, -0.1) is 0 Å². The number of hydrogen-bond donors (Lipinski definition) is 1. The summed E-state index contributed by atoms with van der Waals surface area (Å²) < 4.78 is 26.6. The molecule has 0 unspecified atom stereocenters. The molecule has 1 N–H and O–H groups in total. The van der Waals surface area contributed by atoms with E-state index in [4.69, 9.17) is 9.94 Å². The molecule has 6 heteroatoms. The quantitative estimate of drug-likeness (QED) is 0.683. The molecule has 0 bridgehead atoms. The van der Waals surface area contributed by atoms with Crippen LogP contribution in [0.1, 0.15) is 44.6 Å². The van der Waals surface area contributed by atoms with Crippen molar-refractivity contribution < 1.29 is 23.5 Å². The molecule has 0 radical (unpaired) electrons. The van der Waals surface area contributed by atoms with Crippen molar-refractivity contribution in [1.29, 1.82) is 0 Å². The Morgan fingerprint density at radius 1 is 1.29 bits per heavy atom. The summed E-state index contributed by atoms with van der Waals surface area (Å²) in [5.74, 6) is -3.17. The molecule has 0 aromatic heterocycles. The van der Waals surface area contributed by atoms with Crippen LogP contribution < -0.4 is 0 Å². The van der Waals surface area contributed by atoms with Crippen molar-refractivity contribution in [2.75, 3.05) is 0 Å². The number of aliphatic carboxylic acids is 1. The molecule has 1 aliphatic rings. The predicted molar refractivity (Wildman–Crippen MR) is 73.1 cm³/mol. The van der Waals surface area contributed by atoms with Crippen LogP contribution in [0.2, 0.25) is 0 Å². The summed E-state index contributed by atoms with van der Waals surface area (Å²) in [4.78, 5) is 16.6. The lowest BCUT2D eigenvalue weighted by molar-refractivity contribution is -0.129. The molecule has 1 saturated carbocycles. The first-order valence-corrected chi connectivity index (χ1v) is 6.86. The van der Waals surface area contributed by atoms with Crippen molar-refractivity contribution in [2.45, 2.75) is 44.6 Å². The van der Waals surface area contributed by atoms with Crippen molar-refractivity contribution in [3.05, 3.63) is 35.4 Å². The fourth-order valence-corrected chi connectivity index (χ4v) is 2.43. The highest BCUT2D eigenvalue weighted by molar-refractivity contribution is 6.42. The molecule has 0 amide bonds. The average Bonchev–Trinajstić information content (AvgIpc) is 2.41. The molecule has 1 fully saturated rings. The Kier molecular flexibility index (Phi) is 4.55. The summed E-state index contributed by atoms with van der Waals surface area (Å²) in [6.45, 7) is 1.86. The van der Waals surface area contributed by atoms with Crippen LogP contribution in [-0.2, 0) is 9.63 Å². The van der Waals surface area contributed by atoms with E-state index in [1.165, 1.54) is 0 Å². The molecular formula is C15H17F2NO3. The zero-order chi connectivity index (χ0) is 15.5. The number of halogens is 2. The second-order valence-corrected chi connectivity index (χ2v) is 5.47. The van der Waals surface area contributed by atoms with Gasteiger partial charge in [0, 0.05) is 11.6 Å². The number of carboxylic acid groups (broad SMARTS) is 1. The Balaban J connectivity index is 2.26.